The molecule has 0 aliphatic carbocycles. The van der Waals surface area contributed by atoms with Gasteiger partial charge in [0.15, 0.2) is 6.20 Å². The molecule has 0 spiro atoms. The molecule has 0 radical (unpaired) electrons. The Morgan fingerprint density at radius 1 is 1.00 bits per heavy atom. The number of benzene rings is 2. The smallest absolute Gasteiger partial charge is 0.317 e. The summed E-state index contributed by atoms with van der Waals surface area (Å²) in [6.07, 6.45) is 3.31. The monoisotopic (exact) mass is 357 g/mol. The van der Waals surface area contributed by atoms with Crippen molar-refractivity contribution >= 4 is 16.8 Å². The van der Waals surface area contributed by atoms with Crippen molar-refractivity contribution in [2.45, 2.75) is 5.92 Å². The van der Waals surface area contributed by atoms with Gasteiger partial charge in [-0.25, -0.2) is 0 Å². The van der Waals surface area contributed by atoms with E-state index in [1.165, 1.54) is 12.3 Å². The summed E-state index contributed by atoms with van der Waals surface area (Å²) in [4.78, 5) is 15.8. The fourth-order valence-corrected chi connectivity index (χ4v) is 3.36. The second-order valence-electron chi connectivity index (χ2n) is 6.37. The quantitative estimate of drug-likeness (QED) is 0.425. The van der Waals surface area contributed by atoms with Crippen LogP contribution < -0.4 is 10.0 Å². The van der Waals surface area contributed by atoms with Gasteiger partial charge in [-0.1, -0.05) is 48.5 Å². The number of nitrogens with one attached hydrogen (secondary N) is 2. The average Bonchev–Trinajstić information content (AvgIpc) is 3.13. The molecular weight excluding hydrogens is 338 g/mol. The number of carbonyl (C=O) groups excluding carboxylic acids is 1. The molecule has 1 amide bonds. The van der Waals surface area contributed by atoms with Gasteiger partial charge in [0.05, 0.1) is 0 Å². The van der Waals surface area contributed by atoms with Crippen LogP contribution in [-0.2, 0) is 0 Å². The zero-order valence-corrected chi connectivity index (χ0v) is 14.6. The molecule has 4 aromatic rings. The van der Waals surface area contributed by atoms with Crippen LogP contribution in [0.25, 0.3) is 10.9 Å². The summed E-state index contributed by atoms with van der Waals surface area (Å²) in [5.41, 5.74) is 3.36. The van der Waals surface area contributed by atoms with E-state index in [4.69, 9.17) is 0 Å². The lowest BCUT2D eigenvalue weighted by Gasteiger charge is -2.18. The van der Waals surface area contributed by atoms with Crippen molar-refractivity contribution < 1.29 is 9.52 Å². The van der Waals surface area contributed by atoms with Crippen LogP contribution in [0.15, 0.2) is 85.2 Å². The van der Waals surface area contributed by atoms with Gasteiger partial charge in [0.1, 0.15) is 0 Å². The fourth-order valence-electron chi connectivity index (χ4n) is 3.36. The van der Waals surface area contributed by atoms with Crippen LogP contribution in [0, 0.1) is 5.21 Å². The highest BCUT2D eigenvalue weighted by Gasteiger charge is 2.21. The maximum Gasteiger partial charge on any atom is 0.317 e. The van der Waals surface area contributed by atoms with E-state index in [0.29, 0.717) is 11.3 Å². The summed E-state index contributed by atoms with van der Waals surface area (Å²) in [7, 11) is 0. The van der Waals surface area contributed by atoms with E-state index >= 15 is 0 Å². The molecule has 4 rings (SSSR count). The molecular formula is C22H19N3O2. The van der Waals surface area contributed by atoms with Gasteiger partial charge in [-0.15, -0.1) is 0 Å². The number of amides is 1. The van der Waals surface area contributed by atoms with Crippen LogP contribution in [-0.4, -0.2) is 17.4 Å². The Morgan fingerprint density at radius 2 is 1.74 bits per heavy atom. The van der Waals surface area contributed by atoms with Crippen LogP contribution in [0.3, 0.4) is 0 Å². The van der Waals surface area contributed by atoms with Gasteiger partial charge >= 0.3 is 5.91 Å². The number of hydrogen-bond donors (Lipinski definition) is 2. The molecule has 2 aromatic carbocycles. The number of carbonyl (C=O) groups is 1. The van der Waals surface area contributed by atoms with E-state index in [0.717, 1.165) is 22.0 Å². The zero-order chi connectivity index (χ0) is 18.6. The van der Waals surface area contributed by atoms with Crippen LogP contribution in [0.1, 0.15) is 27.5 Å². The first kappa shape index (κ1) is 16.8. The van der Waals surface area contributed by atoms with Crippen LogP contribution in [0.2, 0.25) is 0 Å². The Kier molecular flexibility index (Phi) is 4.58. The summed E-state index contributed by atoms with van der Waals surface area (Å²) in [5, 5.41) is 15.9. The highest BCUT2D eigenvalue weighted by atomic mass is 16.5. The standard InChI is InChI=1S/C22H19N3O2/c26-22(21-12-6-7-13-25(21)27)24-14-18(16-8-2-1-3-9-16)19-15-23-20-11-5-4-10-17(19)20/h1-13,15,18,23H,14H2,(H,24,26). The molecule has 5 nitrogen and oxygen atoms in total. The summed E-state index contributed by atoms with van der Waals surface area (Å²) in [5.74, 6) is -0.415. The van der Waals surface area contributed by atoms with E-state index in [1.807, 2.05) is 42.6 Å². The summed E-state index contributed by atoms with van der Waals surface area (Å²) in [6, 6.07) is 22.9. The first-order valence-electron chi connectivity index (χ1n) is 8.81. The number of aromatic nitrogens is 2. The molecule has 134 valence electrons. The molecule has 0 fully saturated rings. The minimum absolute atomic E-state index is 0.0323. The molecule has 0 saturated carbocycles. The third-order valence-corrected chi connectivity index (χ3v) is 4.72. The van der Waals surface area contributed by atoms with Gasteiger partial charge in [0.25, 0.3) is 5.69 Å². The molecule has 0 saturated heterocycles. The first-order chi connectivity index (χ1) is 13.2. The minimum atomic E-state index is -0.383. The van der Waals surface area contributed by atoms with E-state index in [2.05, 4.69) is 28.5 Å². The third kappa shape index (κ3) is 3.40. The molecule has 27 heavy (non-hydrogen) atoms. The molecule has 1 atom stereocenters. The first-order valence-corrected chi connectivity index (χ1v) is 8.81. The SMILES string of the molecule is O=C(NCC(c1ccccc1)c1c[nH]c2ccccc12)c1cccc[n+]1[O-]. The summed E-state index contributed by atoms with van der Waals surface area (Å²) in [6.45, 7) is 0.388. The predicted molar refractivity (Wildman–Crippen MR) is 104 cm³/mol. The van der Waals surface area contributed by atoms with E-state index in [1.54, 1.807) is 12.1 Å². The number of para-hydroxylation sites is 1. The van der Waals surface area contributed by atoms with Crippen molar-refractivity contribution in [1.82, 2.24) is 10.3 Å². The Hall–Kier alpha value is -3.60. The van der Waals surface area contributed by atoms with Crippen LogP contribution >= 0.6 is 0 Å². The van der Waals surface area contributed by atoms with Crippen molar-refractivity contribution in [2.24, 2.45) is 0 Å². The number of nitrogens with zero attached hydrogens (tertiary/aromatic N) is 1. The molecule has 2 heterocycles. The number of rotatable bonds is 5. The van der Waals surface area contributed by atoms with E-state index < -0.39 is 0 Å². The van der Waals surface area contributed by atoms with Crippen molar-refractivity contribution in [3.63, 3.8) is 0 Å². The highest BCUT2D eigenvalue weighted by molar-refractivity contribution is 5.91. The van der Waals surface area contributed by atoms with Crippen LogP contribution in [0.5, 0.6) is 0 Å². The Morgan fingerprint density at radius 3 is 2.56 bits per heavy atom. The largest absolute Gasteiger partial charge is 0.618 e. The predicted octanol–water partition coefficient (Wildman–Crippen LogP) is 3.36. The Bertz CT molecular complexity index is 1070. The number of aromatic amines is 1. The third-order valence-electron chi connectivity index (χ3n) is 4.72. The minimum Gasteiger partial charge on any atom is -0.618 e. The van der Waals surface area contributed by atoms with Crippen molar-refractivity contribution in [1.29, 1.82) is 0 Å². The highest BCUT2D eigenvalue weighted by Crippen LogP contribution is 2.30. The van der Waals surface area contributed by atoms with Gasteiger partial charge in [-0.05, 0) is 23.3 Å². The number of H-pyrrole nitrogens is 1. The van der Waals surface area contributed by atoms with E-state index in [-0.39, 0.29) is 17.5 Å². The van der Waals surface area contributed by atoms with Gasteiger partial charge in [0, 0.05) is 41.7 Å². The van der Waals surface area contributed by atoms with Gasteiger partial charge < -0.3 is 15.5 Å². The maximum absolute atomic E-state index is 12.5. The second kappa shape index (κ2) is 7.33. The van der Waals surface area contributed by atoms with Gasteiger partial charge in [-0.3, -0.25) is 4.79 Å². The van der Waals surface area contributed by atoms with Crippen molar-refractivity contribution in [2.75, 3.05) is 6.54 Å². The lowest BCUT2D eigenvalue weighted by molar-refractivity contribution is -0.607. The van der Waals surface area contributed by atoms with Gasteiger partial charge in [-0.2, -0.15) is 4.73 Å². The van der Waals surface area contributed by atoms with Crippen molar-refractivity contribution in [3.8, 4) is 0 Å². The summed E-state index contributed by atoms with van der Waals surface area (Å²) >= 11 is 0. The van der Waals surface area contributed by atoms with Gasteiger partial charge in [0.2, 0.25) is 0 Å². The topological polar surface area (TPSA) is 71.8 Å². The zero-order valence-electron chi connectivity index (χ0n) is 14.6. The normalized spacial score (nSPS) is 12.0. The van der Waals surface area contributed by atoms with E-state index in [9.17, 15) is 10.0 Å². The average molecular weight is 357 g/mol. The maximum atomic E-state index is 12.5. The Labute approximate surface area is 156 Å². The number of fused-ring (bicyclic) bond motifs is 1. The lowest BCUT2D eigenvalue weighted by atomic mass is 9.91. The molecule has 2 aromatic heterocycles. The molecule has 5 heteroatoms. The summed E-state index contributed by atoms with van der Waals surface area (Å²) < 4.78 is 0.582. The number of pyridine rings is 1. The number of hydrogen-bond acceptors (Lipinski definition) is 2. The molecule has 0 aliphatic heterocycles. The molecule has 1 unspecified atom stereocenters. The van der Waals surface area contributed by atoms with Crippen LogP contribution in [0.4, 0.5) is 0 Å². The molecule has 0 bridgehead atoms. The molecule has 0 aliphatic rings. The second-order valence-corrected chi connectivity index (χ2v) is 6.37. The van der Waals surface area contributed by atoms with Crippen molar-refractivity contribution in [3.05, 3.63) is 107 Å². The fraction of sp³-hybridized carbons (Fsp3) is 0.0909. The lowest BCUT2D eigenvalue weighted by Crippen LogP contribution is -2.40. The molecule has 2 N–H and O–H groups in total. The Balaban J connectivity index is 1.65.